The molecule has 0 aliphatic rings. The van der Waals surface area contributed by atoms with Gasteiger partial charge in [0, 0.05) is 12.3 Å². The summed E-state index contributed by atoms with van der Waals surface area (Å²) in [7, 11) is 0. The Morgan fingerprint density at radius 2 is 2.06 bits per heavy atom. The highest BCUT2D eigenvalue weighted by atomic mass is 79.9. The lowest BCUT2D eigenvalue weighted by atomic mass is 10.3. The van der Waals surface area contributed by atoms with Crippen molar-refractivity contribution in [3.63, 3.8) is 0 Å². The molecule has 0 saturated carbocycles. The second-order valence-corrected chi connectivity index (χ2v) is 4.86. The molecule has 0 bridgehead atoms. The molecule has 18 heavy (non-hydrogen) atoms. The molecule has 0 unspecified atom stereocenters. The number of aromatic nitrogens is 2. The van der Waals surface area contributed by atoms with Gasteiger partial charge in [-0.1, -0.05) is 0 Å². The van der Waals surface area contributed by atoms with Crippen LogP contribution in [0, 0.1) is 10.1 Å². The molecular formula is C10H5Br2N3O3. The van der Waals surface area contributed by atoms with E-state index in [0.29, 0.717) is 14.7 Å². The molecule has 0 radical (unpaired) electrons. The Bertz CT molecular complexity index is 607. The fourth-order valence-electron chi connectivity index (χ4n) is 1.16. The maximum Gasteiger partial charge on any atom is 0.273 e. The monoisotopic (exact) mass is 373 g/mol. The van der Waals surface area contributed by atoms with Crippen LogP contribution in [0.3, 0.4) is 0 Å². The molecule has 0 spiro atoms. The molecule has 0 atom stereocenters. The van der Waals surface area contributed by atoms with Crippen molar-refractivity contribution < 1.29 is 9.66 Å². The number of nitro groups is 1. The highest BCUT2D eigenvalue weighted by Gasteiger charge is 2.13. The van der Waals surface area contributed by atoms with Gasteiger partial charge in [-0.15, -0.1) is 0 Å². The first-order chi connectivity index (χ1) is 8.58. The van der Waals surface area contributed by atoms with Crippen molar-refractivity contribution in [1.82, 2.24) is 9.97 Å². The molecule has 0 fully saturated rings. The lowest BCUT2D eigenvalue weighted by Gasteiger charge is -2.07. The number of hydrogen-bond donors (Lipinski definition) is 0. The predicted octanol–water partition coefficient (Wildman–Crippen LogP) is 3.70. The minimum atomic E-state index is -0.492. The van der Waals surface area contributed by atoms with E-state index >= 15 is 0 Å². The van der Waals surface area contributed by atoms with Crippen molar-refractivity contribution in [2.24, 2.45) is 0 Å². The normalized spacial score (nSPS) is 10.1. The molecule has 1 aromatic heterocycles. The lowest BCUT2D eigenvalue weighted by molar-refractivity contribution is -0.384. The highest BCUT2D eigenvalue weighted by molar-refractivity contribution is 9.11. The summed E-state index contributed by atoms with van der Waals surface area (Å²) in [5.41, 5.74) is -0.0571. The van der Waals surface area contributed by atoms with Crippen LogP contribution in [0.4, 0.5) is 5.69 Å². The number of hydrogen-bond acceptors (Lipinski definition) is 5. The number of non-ortho nitro benzene ring substituents is 1. The maximum absolute atomic E-state index is 10.7. The van der Waals surface area contributed by atoms with Crippen LogP contribution in [-0.2, 0) is 0 Å². The smallest absolute Gasteiger partial charge is 0.273 e. The van der Waals surface area contributed by atoms with Gasteiger partial charge in [-0.3, -0.25) is 10.1 Å². The largest absolute Gasteiger partial charge is 0.436 e. The number of rotatable bonds is 3. The zero-order valence-corrected chi connectivity index (χ0v) is 11.9. The molecular weight excluding hydrogens is 370 g/mol. The summed E-state index contributed by atoms with van der Waals surface area (Å²) in [5, 5.41) is 10.7. The van der Waals surface area contributed by atoms with Crippen LogP contribution in [-0.4, -0.2) is 14.9 Å². The van der Waals surface area contributed by atoms with Crippen molar-refractivity contribution in [3.8, 4) is 11.6 Å². The van der Waals surface area contributed by atoms with E-state index in [1.54, 1.807) is 6.07 Å². The van der Waals surface area contributed by atoms with E-state index in [1.807, 2.05) is 0 Å². The maximum atomic E-state index is 10.7. The Morgan fingerprint density at radius 1 is 1.28 bits per heavy atom. The summed E-state index contributed by atoms with van der Waals surface area (Å²) < 4.78 is 6.64. The third-order valence-electron chi connectivity index (χ3n) is 1.97. The summed E-state index contributed by atoms with van der Waals surface area (Å²) in [6.07, 6.45) is 2.85. The Morgan fingerprint density at radius 3 is 2.72 bits per heavy atom. The summed E-state index contributed by atoms with van der Waals surface area (Å²) in [6.45, 7) is 0. The van der Waals surface area contributed by atoms with Crippen LogP contribution in [0.25, 0.3) is 0 Å². The van der Waals surface area contributed by atoms with Gasteiger partial charge >= 0.3 is 0 Å². The van der Waals surface area contributed by atoms with Crippen LogP contribution < -0.4 is 4.74 Å². The van der Waals surface area contributed by atoms with E-state index in [2.05, 4.69) is 41.8 Å². The highest BCUT2D eigenvalue weighted by Crippen LogP contribution is 2.34. The summed E-state index contributed by atoms with van der Waals surface area (Å²) >= 11 is 6.48. The first-order valence-corrected chi connectivity index (χ1v) is 6.24. The van der Waals surface area contributed by atoms with Gasteiger partial charge in [0.25, 0.3) is 5.69 Å². The molecule has 0 amide bonds. The third-order valence-corrected chi connectivity index (χ3v) is 3.17. The van der Waals surface area contributed by atoms with Crippen molar-refractivity contribution in [2.45, 2.75) is 0 Å². The molecule has 0 N–H and O–H groups in total. The second kappa shape index (κ2) is 5.40. The van der Waals surface area contributed by atoms with Crippen LogP contribution in [0.15, 0.2) is 39.7 Å². The molecule has 1 aromatic carbocycles. The molecule has 2 rings (SSSR count). The van der Waals surface area contributed by atoms with Crippen LogP contribution in [0.5, 0.6) is 11.6 Å². The van der Waals surface area contributed by atoms with Gasteiger partial charge in [0.2, 0.25) is 5.88 Å². The third kappa shape index (κ3) is 2.82. The van der Waals surface area contributed by atoms with E-state index in [-0.39, 0.29) is 11.6 Å². The fraction of sp³-hybridized carbons (Fsp3) is 0. The Labute approximate surface area is 118 Å². The molecule has 0 saturated heterocycles. The van der Waals surface area contributed by atoms with Crippen molar-refractivity contribution in [2.75, 3.05) is 0 Å². The van der Waals surface area contributed by atoms with E-state index in [4.69, 9.17) is 4.74 Å². The van der Waals surface area contributed by atoms with Crippen molar-refractivity contribution in [3.05, 3.63) is 49.8 Å². The van der Waals surface area contributed by atoms with Crippen molar-refractivity contribution >= 4 is 37.5 Å². The van der Waals surface area contributed by atoms with Gasteiger partial charge in [-0.25, -0.2) is 9.97 Å². The van der Waals surface area contributed by atoms with Crippen LogP contribution in [0.1, 0.15) is 0 Å². The van der Waals surface area contributed by atoms with Gasteiger partial charge in [-0.05, 0) is 37.9 Å². The van der Waals surface area contributed by atoms with E-state index in [9.17, 15) is 10.1 Å². The molecule has 6 nitrogen and oxygen atoms in total. The number of nitrogens with zero attached hydrogens (tertiary/aromatic N) is 3. The molecule has 2 aromatic rings. The quantitative estimate of drug-likeness (QED) is 0.604. The molecule has 8 heteroatoms. The SMILES string of the molecule is O=[N+]([O-])c1ccc(Br)c(Oc2ncncc2Br)c1. The van der Waals surface area contributed by atoms with Gasteiger partial charge in [-0.2, -0.15) is 0 Å². The Hall–Kier alpha value is -1.54. The zero-order chi connectivity index (χ0) is 13.1. The number of nitro benzene ring substituents is 1. The molecule has 0 aliphatic heterocycles. The molecule has 1 heterocycles. The van der Waals surface area contributed by atoms with Gasteiger partial charge < -0.3 is 4.74 Å². The Kier molecular flexibility index (Phi) is 3.87. The topological polar surface area (TPSA) is 78.2 Å². The fourth-order valence-corrected chi connectivity index (χ4v) is 1.79. The zero-order valence-electron chi connectivity index (χ0n) is 8.71. The van der Waals surface area contributed by atoms with Crippen LogP contribution in [0.2, 0.25) is 0 Å². The number of benzene rings is 1. The average Bonchev–Trinajstić information content (AvgIpc) is 2.34. The van der Waals surface area contributed by atoms with Gasteiger partial charge in [0.1, 0.15) is 6.33 Å². The van der Waals surface area contributed by atoms with E-state index in [0.717, 1.165) is 0 Å². The lowest BCUT2D eigenvalue weighted by Crippen LogP contribution is -1.93. The average molecular weight is 375 g/mol. The second-order valence-electron chi connectivity index (χ2n) is 3.15. The predicted molar refractivity (Wildman–Crippen MR) is 70.6 cm³/mol. The minimum absolute atomic E-state index is 0.0571. The summed E-state index contributed by atoms with van der Waals surface area (Å²) in [4.78, 5) is 17.9. The van der Waals surface area contributed by atoms with Gasteiger partial charge in [0.05, 0.1) is 19.9 Å². The number of ether oxygens (including phenoxy) is 1. The molecule has 92 valence electrons. The summed E-state index contributed by atoms with van der Waals surface area (Å²) in [5.74, 6) is 0.592. The minimum Gasteiger partial charge on any atom is -0.436 e. The first kappa shape index (κ1) is 12.9. The van der Waals surface area contributed by atoms with Crippen LogP contribution >= 0.6 is 31.9 Å². The summed E-state index contributed by atoms with van der Waals surface area (Å²) in [6, 6.07) is 4.24. The van der Waals surface area contributed by atoms with Crippen molar-refractivity contribution in [1.29, 1.82) is 0 Å². The van der Waals surface area contributed by atoms with Gasteiger partial charge in [0.15, 0.2) is 5.75 Å². The number of halogens is 2. The van der Waals surface area contributed by atoms with E-state index < -0.39 is 4.92 Å². The Balaban J connectivity index is 2.37. The standard InChI is InChI=1S/C10H5Br2N3O3/c11-7-2-1-6(15(16)17)3-9(7)18-10-8(12)4-13-5-14-10/h1-5H. The molecule has 0 aliphatic carbocycles. The van der Waals surface area contributed by atoms with E-state index in [1.165, 1.54) is 24.7 Å². The first-order valence-electron chi connectivity index (χ1n) is 4.65.